The molecule has 2 amide bonds. The maximum Gasteiger partial charge on any atom is 0.266 e. The van der Waals surface area contributed by atoms with E-state index in [4.69, 9.17) is 4.74 Å². The first-order valence-electron chi connectivity index (χ1n) is 8.58. The quantitative estimate of drug-likeness (QED) is 0.731. The van der Waals surface area contributed by atoms with Crippen molar-refractivity contribution in [3.05, 3.63) is 72.8 Å². The van der Waals surface area contributed by atoms with Crippen LogP contribution in [0, 0.1) is 0 Å². The topological polar surface area (TPSA) is 85.2 Å². The van der Waals surface area contributed by atoms with Gasteiger partial charge in [0.1, 0.15) is 5.75 Å². The standard InChI is InChI=1S/C20H18N4O3/c25-19(11-18-20(26)23-16-6-1-2-7-17(16)27-18)22-15-5-3-4-14(10-15)12-24-9-8-21-13-24/h1-10,13,18H,11-12H2,(H,22,25)(H,23,26). The summed E-state index contributed by atoms with van der Waals surface area (Å²) < 4.78 is 7.61. The van der Waals surface area contributed by atoms with Crippen LogP contribution >= 0.6 is 0 Å². The highest BCUT2D eigenvalue weighted by atomic mass is 16.5. The Morgan fingerprint density at radius 1 is 1.22 bits per heavy atom. The van der Waals surface area contributed by atoms with Crippen LogP contribution in [0.2, 0.25) is 0 Å². The van der Waals surface area contributed by atoms with Gasteiger partial charge in [0, 0.05) is 24.6 Å². The SMILES string of the molecule is O=C(CC1Oc2ccccc2NC1=O)Nc1cccc(Cn2ccnc2)c1. The molecule has 2 N–H and O–H groups in total. The summed E-state index contributed by atoms with van der Waals surface area (Å²) in [6.45, 7) is 0.661. The lowest BCUT2D eigenvalue weighted by atomic mass is 10.1. The van der Waals surface area contributed by atoms with Gasteiger partial charge in [-0.3, -0.25) is 9.59 Å². The Kier molecular flexibility index (Phi) is 4.57. The Morgan fingerprint density at radius 3 is 2.96 bits per heavy atom. The van der Waals surface area contributed by atoms with Gasteiger partial charge in [-0.25, -0.2) is 4.98 Å². The molecule has 7 nitrogen and oxygen atoms in total. The Labute approximate surface area is 156 Å². The van der Waals surface area contributed by atoms with Gasteiger partial charge in [0.2, 0.25) is 5.91 Å². The average molecular weight is 362 g/mol. The van der Waals surface area contributed by atoms with Crippen molar-refractivity contribution >= 4 is 23.2 Å². The van der Waals surface area contributed by atoms with Gasteiger partial charge >= 0.3 is 0 Å². The minimum Gasteiger partial charge on any atom is -0.478 e. The highest BCUT2D eigenvalue weighted by Crippen LogP contribution is 2.29. The summed E-state index contributed by atoms with van der Waals surface area (Å²) >= 11 is 0. The molecule has 0 saturated carbocycles. The van der Waals surface area contributed by atoms with Crippen LogP contribution in [0.25, 0.3) is 0 Å². The number of carbonyl (C=O) groups excluding carboxylic acids is 2. The second-order valence-electron chi connectivity index (χ2n) is 6.28. The third-order valence-corrected chi connectivity index (χ3v) is 4.21. The van der Waals surface area contributed by atoms with Crippen LogP contribution in [0.1, 0.15) is 12.0 Å². The highest BCUT2D eigenvalue weighted by molar-refractivity contribution is 6.01. The summed E-state index contributed by atoms with van der Waals surface area (Å²) in [6.07, 6.45) is 4.42. The second kappa shape index (κ2) is 7.33. The number of nitrogens with one attached hydrogen (secondary N) is 2. The van der Waals surface area contributed by atoms with E-state index < -0.39 is 6.10 Å². The molecule has 1 aromatic heterocycles. The molecule has 1 unspecified atom stereocenters. The number of nitrogens with zero attached hydrogens (tertiary/aromatic N) is 2. The molecule has 2 aromatic carbocycles. The van der Waals surface area contributed by atoms with Crippen LogP contribution in [-0.4, -0.2) is 27.5 Å². The van der Waals surface area contributed by atoms with Gasteiger partial charge in [-0.15, -0.1) is 0 Å². The molecular formula is C20H18N4O3. The number of benzene rings is 2. The summed E-state index contributed by atoms with van der Waals surface area (Å²) in [4.78, 5) is 28.6. The molecule has 0 spiro atoms. The van der Waals surface area contributed by atoms with Gasteiger partial charge in [0.05, 0.1) is 18.4 Å². The molecule has 0 fully saturated rings. The summed E-state index contributed by atoms with van der Waals surface area (Å²) in [5.41, 5.74) is 2.33. The first kappa shape index (κ1) is 16.8. The zero-order valence-electron chi connectivity index (χ0n) is 14.5. The number of ether oxygens (including phenoxy) is 1. The first-order valence-corrected chi connectivity index (χ1v) is 8.58. The summed E-state index contributed by atoms with van der Waals surface area (Å²) in [5.74, 6) is -0.0377. The molecule has 3 aromatic rings. The van der Waals surface area contributed by atoms with Crippen LogP contribution in [0.4, 0.5) is 11.4 Å². The molecule has 1 atom stereocenters. The number of anilines is 2. The highest BCUT2D eigenvalue weighted by Gasteiger charge is 2.29. The molecule has 27 heavy (non-hydrogen) atoms. The van der Waals surface area contributed by atoms with Gasteiger partial charge in [0.25, 0.3) is 5.91 Å². The van der Waals surface area contributed by atoms with Crippen LogP contribution in [-0.2, 0) is 16.1 Å². The average Bonchev–Trinajstić information content (AvgIpc) is 3.15. The van der Waals surface area contributed by atoms with E-state index in [0.717, 1.165) is 5.56 Å². The fourth-order valence-corrected chi connectivity index (χ4v) is 2.95. The van der Waals surface area contributed by atoms with E-state index in [-0.39, 0.29) is 18.2 Å². The van der Waals surface area contributed by atoms with E-state index >= 15 is 0 Å². The Balaban J connectivity index is 1.39. The minimum absolute atomic E-state index is 0.0636. The largest absolute Gasteiger partial charge is 0.478 e. The van der Waals surface area contributed by atoms with Crippen molar-refractivity contribution in [3.8, 4) is 5.75 Å². The molecule has 0 saturated heterocycles. The van der Waals surface area contributed by atoms with Gasteiger partial charge in [-0.2, -0.15) is 0 Å². The monoisotopic (exact) mass is 362 g/mol. The van der Waals surface area contributed by atoms with E-state index in [2.05, 4.69) is 15.6 Å². The number of amides is 2. The molecule has 0 bridgehead atoms. The maximum atomic E-state index is 12.4. The van der Waals surface area contributed by atoms with Gasteiger partial charge < -0.3 is 19.9 Å². The van der Waals surface area contributed by atoms with Crippen molar-refractivity contribution in [2.45, 2.75) is 19.1 Å². The lowest BCUT2D eigenvalue weighted by Gasteiger charge is -2.25. The Bertz CT molecular complexity index is 969. The van der Waals surface area contributed by atoms with Gasteiger partial charge in [-0.05, 0) is 29.8 Å². The number of hydrogen-bond donors (Lipinski definition) is 2. The number of fused-ring (bicyclic) bond motifs is 1. The number of rotatable bonds is 5. The van der Waals surface area contributed by atoms with E-state index in [0.29, 0.717) is 23.7 Å². The summed E-state index contributed by atoms with van der Waals surface area (Å²) in [6, 6.07) is 14.7. The Hall–Kier alpha value is -3.61. The molecule has 7 heteroatoms. The van der Waals surface area contributed by atoms with Gasteiger partial charge in [0.15, 0.2) is 6.10 Å². The molecule has 0 aliphatic carbocycles. The van der Waals surface area contributed by atoms with Crippen molar-refractivity contribution in [1.82, 2.24) is 9.55 Å². The van der Waals surface area contributed by atoms with Crippen molar-refractivity contribution in [3.63, 3.8) is 0 Å². The summed E-state index contributed by atoms with van der Waals surface area (Å²) in [7, 11) is 0. The molecular weight excluding hydrogens is 344 g/mol. The zero-order chi connectivity index (χ0) is 18.6. The van der Waals surface area contributed by atoms with Crippen LogP contribution in [0.5, 0.6) is 5.75 Å². The fourth-order valence-electron chi connectivity index (χ4n) is 2.95. The van der Waals surface area contributed by atoms with Crippen LogP contribution in [0.15, 0.2) is 67.3 Å². The van der Waals surface area contributed by atoms with Gasteiger partial charge in [-0.1, -0.05) is 24.3 Å². The molecule has 1 aliphatic heterocycles. The molecule has 1 aliphatic rings. The van der Waals surface area contributed by atoms with Crippen molar-refractivity contribution in [2.75, 3.05) is 10.6 Å². The van der Waals surface area contributed by atoms with E-state index in [1.807, 2.05) is 47.2 Å². The second-order valence-corrected chi connectivity index (χ2v) is 6.28. The lowest BCUT2D eigenvalue weighted by Crippen LogP contribution is -2.39. The molecule has 2 heterocycles. The predicted molar refractivity (Wildman–Crippen MR) is 101 cm³/mol. The summed E-state index contributed by atoms with van der Waals surface area (Å²) in [5, 5.41) is 5.59. The first-order chi connectivity index (χ1) is 13.2. The number of para-hydroxylation sites is 2. The van der Waals surface area contributed by atoms with E-state index in [9.17, 15) is 9.59 Å². The number of carbonyl (C=O) groups is 2. The third-order valence-electron chi connectivity index (χ3n) is 4.21. The molecule has 4 rings (SSSR count). The van der Waals surface area contributed by atoms with Crippen LogP contribution in [0.3, 0.4) is 0 Å². The van der Waals surface area contributed by atoms with E-state index in [1.54, 1.807) is 24.7 Å². The molecule has 136 valence electrons. The minimum atomic E-state index is -0.853. The number of hydrogen-bond acceptors (Lipinski definition) is 4. The Morgan fingerprint density at radius 2 is 2.11 bits per heavy atom. The zero-order valence-corrected chi connectivity index (χ0v) is 14.5. The smallest absolute Gasteiger partial charge is 0.266 e. The number of imidazole rings is 1. The van der Waals surface area contributed by atoms with Crippen molar-refractivity contribution in [2.24, 2.45) is 0 Å². The maximum absolute atomic E-state index is 12.4. The van der Waals surface area contributed by atoms with Crippen molar-refractivity contribution in [1.29, 1.82) is 0 Å². The third kappa shape index (κ3) is 3.98. The molecule has 0 radical (unpaired) electrons. The van der Waals surface area contributed by atoms with E-state index in [1.165, 1.54) is 0 Å². The predicted octanol–water partition coefficient (Wildman–Crippen LogP) is 2.66. The fraction of sp³-hybridized carbons (Fsp3) is 0.150. The number of aromatic nitrogens is 2. The lowest BCUT2D eigenvalue weighted by molar-refractivity contribution is -0.128. The normalized spacial score (nSPS) is 15.4. The van der Waals surface area contributed by atoms with Crippen LogP contribution < -0.4 is 15.4 Å². The van der Waals surface area contributed by atoms with Crippen molar-refractivity contribution < 1.29 is 14.3 Å².